The number of hydrogen-bond acceptors (Lipinski definition) is 6. The molecule has 1 fully saturated rings. The number of carbonyl (C=O) groups is 2. The van der Waals surface area contributed by atoms with E-state index < -0.39 is 59.6 Å². The van der Waals surface area contributed by atoms with Gasteiger partial charge < -0.3 is 14.6 Å². The van der Waals surface area contributed by atoms with E-state index in [1.807, 2.05) is 0 Å². The van der Waals surface area contributed by atoms with Crippen molar-refractivity contribution >= 4 is 22.1 Å². The minimum atomic E-state index is -4.15. The van der Waals surface area contributed by atoms with Gasteiger partial charge in [0, 0.05) is 13.1 Å². The summed E-state index contributed by atoms with van der Waals surface area (Å²) < 4.78 is 64.8. The lowest BCUT2D eigenvalue weighted by atomic mass is 10.0. The molecule has 0 unspecified atom stereocenters. The first-order valence-electron chi connectivity index (χ1n) is 8.45. The molecule has 12 heteroatoms. The van der Waals surface area contributed by atoms with Crippen molar-refractivity contribution in [3.63, 3.8) is 0 Å². The second-order valence-electron chi connectivity index (χ2n) is 6.58. The Labute approximate surface area is 166 Å². The number of esters is 1. The summed E-state index contributed by atoms with van der Waals surface area (Å²) in [6.45, 7) is -1.19. The number of ether oxygens (including phenoxy) is 2. The zero-order chi connectivity index (χ0) is 22.0. The Bertz CT molecular complexity index is 861. The van der Waals surface area contributed by atoms with Crippen LogP contribution in [0.1, 0.15) is 12.0 Å². The molecule has 29 heavy (non-hydrogen) atoms. The van der Waals surface area contributed by atoms with Crippen molar-refractivity contribution in [2.45, 2.75) is 31.0 Å². The number of methoxy groups -OCH3 is 2. The van der Waals surface area contributed by atoms with Crippen LogP contribution >= 0.6 is 0 Å². The van der Waals surface area contributed by atoms with Gasteiger partial charge in [-0.25, -0.2) is 22.0 Å². The molecule has 0 aromatic heterocycles. The Hall–Kier alpha value is -2.47. The fourth-order valence-corrected chi connectivity index (χ4v) is 4.27. The van der Waals surface area contributed by atoms with Crippen LogP contribution in [0.4, 0.5) is 13.6 Å². The summed E-state index contributed by atoms with van der Waals surface area (Å²) in [4.78, 5) is 23.4. The fourth-order valence-electron chi connectivity index (χ4n) is 3.22. The van der Waals surface area contributed by atoms with Gasteiger partial charge in [-0.3, -0.25) is 9.69 Å². The molecule has 1 amide bonds. The zero-order valence-electron chi connectivity index (χ0n) is 16.0. The zero-order valence-corrected chi connectivity index (χ0v) is 16.9. The Kier molecular flexibility index (Phi) is 6.68. The molecular weight excluding hydrogens is 414 g/mol. The molecule has 1 heterocycles. The Balaban J connectivity index is 2.41. The number of rotatable bonds is 7. The van der Waals surface area contributed by atoms with Gasteiger partial charge in [0.1, 0.15) is 17.8 Å². The minimum absolute atomic E-state index is 0.383. The number of sulfonamides is 1. The van der Waals surface area contributed by atoms with Gasteiger partial charge in [0.2, 0.25) is 10.0 Å². The predicted molar refractivity (Wildman–Crippen MR) is 97.3 cm³/mol. The molecule has 0 saturated carbocycles. The van der Waals surface area contributed by atoms with E-state index in [0.717, 1.165) is 13.4 Å². The van der Waals surface area contributed by atoms with Crippen molar-refractivity contribution in [3.05, 3.63) is 29.8 Å². The van der Waals surface area contributed by atoms with Gasteiger partial charge in [0.25, 0.3) is 5.92 Å². The Morgan fingerprint density at radius 2 is 1.86 bits per heavy atom. The first-order chi connectivity index (χ1) is 13.4. The Morgan fingerprint density at radius 3 is 2.31 bits per heavy atom. The minimum Gasteiger partial charge on any atom is -0.497 e. The largest absolute Gasteiger partial charge is 0.497 e. The highest BCUT2D eigenvalue weighted by atomic mass is 32.2. The molecule has 0 radical (unpaired) electrons. The number of carbonyl (C=O) groups excluding carboxylic acids is 1. The highest BCUT2D eigenvalue weighted by Crippen LogP contribution is 2.40. The van der Waals surface area contributed by atoms with Crippen LogP contribution in [-0.4, -0.2) is 79.8 Å². The predicted octanol–water partition coefficient (Wildman–Crippen LogP) is 1.39. The summed E-state index contributed by atoms with van der Waals surface area (Å²) in [5, 5.41) is 9.31. The van der Waals surface area contributed by atoms with Gasteiger partial charge in [-0.2, -0.15) is 4.31 Å². The molecule has 1 saturated heterocycles. The molecule has 162 valence electrons. The number of alkyl halides is 2. The number of hydrogen-bond donors (Lipinski definition) is 1. The van der Waals surface area contributed by atoms with E-state index in [2.05, 4.69) is 4.74 Å². The van der Waals surface area contributed by atoms with E-state index in [1.165, 1.54) is 19.2 Å². The maximum absolute atomic E-state index is 15.1. The van der Waals surface area contributed by atoms with Gasteiger partial charge in [0.15, 0.2) is 0 Å². The van der Waals surface area contributed by atoms with E-state index in [9.17, 15) is 23.1 Å². The number of likely N-dealkylation sites (tertiary alicyclic amines) is 1. The number of nitrogens with zero attached hydrogens (tertiary/aromatic N) is 2. The highest BCUT2D eigenvalue weighted by Gasteiger charge is 2.61. The van der Waals surface area contributed by atoms with E-state index >= 15 is 8.78 Å². The van der Waals surface area contributed by atoms with Crippen LogP contribution in [0.25, 0.3) is 0 Å². The smallest absolute Gasteiger partial charge is 0.407 e. The van der Waals surface area contributed by atoms with Crippen molar-refractivity contribution in [3.8, 4) is 5.75 Å². The number of carboxylic acid groups (broad SMARTS) is 1. The van der Waals surface area contributed by atoms with Crippen LogP contribution in [0, 0.1) is 0 Å². The molecule has 9 nitrogen and oxygen atoms in total. The normalized spacial score (nSPS) is 21.2. The fraction of sp³-hybridized carbons (Fsp3) is 0.529. The summed E-state index contributed by atoms with van der Waals surface area (Å²) >= 11 is 0. The number of halogens is 2. The van der Waals surface area contributed by atoms with E-state index in [0.29, 0.717) is 20.5 Å². The topological polar surface area (TPSA) is 113 Å². The van der Waals surface area contributed by atoms with Crippen molar-refractivity contribution in [2.24, 2.45) is 0 Å². The lowest BCUT2D eigenvalue weighted by Gasteiger charge is -2.31. The maximum atomic E-state index is 15.1. The molecule has 0 spiro atoms. The van der Waals surface area contributed by atoms with Crippen LogP contribution in [-0.2, 0) is 26.1 Å². The van der Waals surface area contributed by atoms with Crippen LogP contribution in [0.5, 0.6) is 5.75 Å². The van der Waals surface area contributed by atoms with E-state index in [-0.39, 0.29) is 0 Å². The number of benzene rings is 1. The average Bonchev–Trinajstić information content (AvgIpc) is 2.90. The average molecular weight is 436 g/mol. The van der Waals surface area contributed by atoms with Crippen LogP contribution in [0.2, 0.25) is 0 Å². The summed E-state index contributed by atoms with van der Waals surface area (Å²) in [6, 6.07) is 2.11. The standard InChI is InChI=1S/C17H22F2N2O7S/c1-27-12-6-4-11(5-7-12)9-21(29(3,25)26)14-10-20(16(23)24)13(17(14,18)19)8-15(22)28-2/h4-7,13-14H,8-10H2,1-3H3,(H,23,24)/t13-,14-/m1/s1. The first-order valence-corrected chi connectivity index (χ1v) is 10.3. The van der Waals surface area contributed by atoms with Gasteiger partial charge in [-0.15, -0.1) is 0 Å². The van der Waals surface area contributed by atoms with Crippen molar-refractivity contribution in [1.82, 2.24) is 9.21 Å². The maximum Gasteiger partial charge on any atom is 0.407 e. The number of amides is 1. The molecule has 2 rings (SSSR count). The SMILES string of the molecule is COC(=O)C[C@H]1N(C(=O)O)C[C@@H](N(Cc2ccc(OC)cc2)S(C)(=O)=O)C1(F)F. The third-order valence-corrected chi connectivity index (χ3v) is 5.97. The first kappa shape index (κ1) is 22.8. The Morgan fingerprint density at radius 1 is 1.28 bits per heavy atom. The van der Waals surface area contributed by atoms with Gasteiger partial charge in [0.05, 0.1) is 26.9 Å². The lowest BCUT2D eigenvalue weighted by molar-refractivity contribution is -0.145. The van der Waals surface area contributed by atoms with Crippen molar-refractivity contribution < 1.29 is 41.4 Å². The van der Waals surface area contributed by atoms with Crippen molar-refractivity contribution in [2.75, 3.05) is 27.0 Å². The van der Waals surface area contributed by atoms with Gasteiger partial charge >= 0.3 is 12.1 Å². The summed E-state index contributed by atoms with van der Waals surface area (Å²) in [5.41, 5.74) is 0.408. The molecule has 1 aliphatic rings. The molecule has 0 bridgehead atoms. The van der Waals surface area contributed by atoms with Crippen LogP contribution in [0.15, 0.2) is 24.3 Å². The molecule has 1 aromatic carbocycles. The molecular formula is C17H22F2N2O7S. The summed E-state index contributed by atoms with van der Waals surface area (Å²) in [5.74, 6) is -4.34. The van der Waals surface area contributed by atoms with Gasteiger partial charge in [-0.05, 0) is 17.7 Å². The molecule has 0 aliphatic carbocycles. The van der Waals surface area contributed by atoms with E-state index in [1.54, 1.807) is 12.1 Å². The van der Waals surface area contributed by atoms with Crippen LogP contribution in [0.3, 0.4) is 0 Å². The summed E-state index contributed by atoms with van der Waals surface area (Å²) in [6.07, 6.45) is -1.81. The second-order valence-corrected chi connectivity index (χ2v) is 8.51. The molecule has 2 atom stereocenters. The van der Waals surface area contributed by atoms with Crippen molar-refractivity contribution in [1.29, 1.82) is 0 Å². The molecule has 1 aliphatic heterocycles. The van der Waals surface area contributed by atoms with Crippen LogP contribution < -0.4 is 4.74 Å². The lowest BCUT2D eigenvalue weighted by Crippen LogP contribution is -2.51. The third-order valence-electron chi connectivity index (χ3n) is 4.74. The van der Waals surface area contributed by atoms with E-state index in [4.69, 9.17) is 4.74 Å². The second kappa shape index (κ2) is 8.49. The quantitative estimate of drug-likeness (QED) is 0.643. The molecule has 1 N–H and O–H groups in total. The third kappa shape index (κ3) is 4.93. The summed E-state index contributed by atoms with van der Waals surface area (Å²) in [7, 11) is -1.72. The highest BCUT2D eigenvalue weighted by molar-refractivity contribution is 7.88. The molecule has 1 aromatic rings. The van der Waals surface area contributed by atoms with Gasteiger partial charge in [-0.1, -0.05) is 12.1 Å². The monoisotopic (exact) mass is 436 g/mol.